The van der Waals surface area contributed by atoms with Gasteiger partial charge in [-0.3, -0.25) is 4.79 Å². The maximum absolute atomic E-state index is 11.9. The number of allylic oxidation sites excluding steroid dienone is 2. The van der Waals surface area contributed by atoms with E-state index in [1.807, 2.05) is 18.2 Å². The lowest BCUT2D eigenvalue weighted by atomic mass is 10.0. The average molecular weight is 198 g/mol. The summed E-state index contributed by atoms with van der Waals surface area (Å²) in [6.45, 7) is 0. The first-order valence-electron chi connectivity index (χ1n) is 5.68. The first-order chi connectivity index (χ1) is 7.36. The molecule has 0 amide bonds. The summed E-state index contributed by atoms with van der Waals surface area (Å²) < 4.78 is 0. The Morgan fingerprint density at radius 3 is 2.73 bits per heavy atom. The Morgan fingerprint density at radius 1 is 1.13 bits per heavy atom. The van der Waals surface area contributed by atoms with Gasteiger partial charge >= 0.3 is 0 Å². The number of carbonyl (C=O) groups is 1. The van der Waals surface area contributed by atoms with E-state index in [9.17, 15) is 4.79 Å². The molecular formula is C14H14O. The monoisotopic (exact) mass is 198 g/mol. The summed E-state index contributed by atoms with van der Waals surface area (Å²) >= 11 is 0. The van der Waals surface area contributed by atoms with Crippen molar-refractivity contribution in [2.24, 2.45) is 5.92 Å². The number of hydrogen-bond acceptors (Lipinski definition) is 1. The maximum Gasteiger partial charge on any atom is 0.164 e. The van der Waals surface area contributed by atoms with Crippen molar-refractivity contribution in [1.29, 1.82) is 0 Å². The van der Waals surface area contributed by atoms with Crippen molar-refractivity contribution < 1.29 is 4.79 Å². The average Bonchev–Trinajstić information content (AvgIpc) is 2.78. The van der Waals surface area contributed by atoms with Gasteiger partial charge in [-0.1, -0.05) is 35.9 Å². The molecule has 76 valence electrons. The van der Waals surface area contributed by atoms with Gasteiger partial charge < -0.3 is 0 Å². The zero-order valence-corrected chi connectivity index (χ0v) is 8.70. The quantitative estimate of drug-likeness (QED) is 0.677. The summed E-state index contributed by atoms with van der Waals surface area (Å²) in [6, 6.07) is 10.1. The predicted molar refractivity (Wildman–Crippen MR) is 60.3 cm³/mol. The van der Waals surface area contributed by atoms with E-state index < -0.39 is 0 Å². The molecule has 2 aliphatic rings. The molecule has 1 aromatic rings. The SMILES string of the molecule is O=C1C[C@H]2CCCC2=C1c1ccccc1. The van der Waals surface area contributed by atoms with Crippen molar-refractivity contribution >= 4 is 11.4 Å². The molecule has 0 spiro atoms. The summed E-state index contributed by atoms with van der Waals surface area (Å²) in [7, 11) is 0. The highest BCUT2D eigenvalue weighted by molar-refractivity contribution is 6.24. The van der Waals surface area contributed by atoms with Crippen LogP contribution in [0.3, 0.4) is 0 Å². The van der Waals surface area contributed by atoms with Crippen LogP contribution in [0.1, 0.15) is 31.2 Å². The van der Waals surface area contributed by atoms with Crippen LogP contribution in [0, 0.1) is 5.92 Å². The van der Waals surface area contributed by atoms with Crippen LogP contribution >= 0.6 is 0 Å². The fourth-order valence-corrected chi connectivity index (χ4v) is 2.93. The molecule has 0 N–H and O–H groups in total. The normalized spacial score (nSPS) is 24.8. The summed E-state index contributed by atoms with van der Waals surface area (Å²) in [5, 5.41) is 0. The van der Waals surface area contributed by atoms with Gasteiger partial charge in [0.2, 0.25) is 0 Å². The minimum atomic E-state index is 0.362. The first-order valence-corrected chi connectivity index (χ1v) is 5.68. The Labute approximate surface area is 89.8 Å². The highest BCUT2D eigenvalue weighted by Crippen LogP contribution is 2.45. The van der Waals surface area contributed by atoms with E-state index in [-0.39, 0.29) is 0 Å². The highest BCUT2D eigenvalue weighted by atomic mass is 16.1. The zero-order valence-electron chi connectivity index (χ0n) is 8.70. The number of benzene rings is 1. The lowest BCUT2D eigenvalue weighted by Gasteiger charge is -2.03. The van der Waals surface area contributed by atoms with E-state index in [0.29, 0.717) is 11.7 Å². The van der Waals surface area contributed by atoms with Crippen LogP contribution in [0.15, 0.2) is 35.9 Å². The second-order valence-electron chi connectivity index (χ2n) is 4.48. The van der Waals surface area contributed by atoms with E-state index in [1.54, 1.807) is 0 Å². The molecule has 0 aromatic heterocycles. The molecule has 0 bridgehead atoms. The highest BCUT2D eigenvalue weighted by Gasteiger charge is 2.35. The van der Waals surface area contributed by atoms with Crippen LogP contribution in [0.4, 0.5) is 0 Å². The van der Waals surface area contributed by atoms with Crippen LogP contribution in [0.25, 0.3) is 5.57 Å². The number of fused-ring (bicyclic) bond motifs is 1. The van der Waals surface area contributed by atoms with Gasteiger partial charge in [0.15, 0.2) is 5.78 Å². The molecule has 0 aliphatic heterocycles. The van der Waals surface area contributed by atoms with Crippen molar-refractivity contribution in [3.63, 3.8) is 0 Å². The fourth-order valence-electron chi connectivity index (χ4n) is 2.93. The first kappa shape index (κ1) is 8.90. The Morgan fingerprint density at radius 2 is 1.93 bits per heavy atom. The van der Waals surface area contributed by atoms with Crippen LogP contribution < -0.4 is 0 Å². The lowest BCUT2D eigenvalue weighted by molar-refractivity contribution is -0.113. The van der Waals surface area contributed by atoms with Crippen molar-refractivity contribution in [2.45, 2.75) is 25.7 Å². The van der Waals surface area contributed by atoms with Gasteiger partial charge in [-0.2, -0.15) is 0 Å². The Kier molecular flexibility index (Phi) is 1.98. The largest absolute Gasteiger partial charge is 0.294 e. The molecule has 1 nitrogen and oxygen atoms in total. The van der Waals surface area contributed by atoms with E-state index in [2.05, 4.69) is 12.1 Å². The number of carbonyl (C=O) groups excluding carboxylic acids is 1. The second-order valence-corrected chi connectivity index (χ2v) is 4.48. The molecule has 2 aliphatic carbocycles. The third kappa shape index (κ3) is 1.34. The number of rotatable bonds is 1. The van der Waals surface area contributed by atoms with Crippen molar-refractivity contribution in [3.8, 4) is 0 Å². The molecule has 1 fully saturated rings. The number of ketones is 1. The van der Waals surface area contributed by atoms with Crippen molar-refractivity contribution in [2.75, 3.05) is 0 Å². The molecule has 1 aromatic carbocycles. The van der Waals surface area contributed by atoms with Gasteiger partial charge in [-0.25, -0.2) is 0 Å². The molecule has 15 heavy (non-hydrogen) atoms. The number of hydrogen-bond donors (Lipinski definition) is 0. The van der Waals surface area contributed by atoms with E-state index in [0.717, 1.165) is 24.0 Å². The van der Waals surface area contributed by atoms with Crippen molar-refractivity contribution in [1.82, 2.24) is 0 Å². The smallest absolute Gasteiger partial charge is 0.164 e. The molecule has 0 unspecified atom stereocenters. The van der Waals surface area contributed by atoms with Gasteiger partial charge in [-0.05, 0) is 30.7 Å². The molecule has 0 radical (unpaired) electrons. The van der Waals surface area contributed by atoms with E-state index >= 15 is 0 Å². The molecule has 1 heteroatoms. The lowest BCUT2D eigenvalue weighted by Crippen LogP contribution is -1.97. The predicted octanol–water partition coefficient (Wildman–Crippen LogP) is 3.21. The molecule has 3 rings (SSSR count). The second kappa shape index (κ2) is 3.34. The van der Waals surface area contributed by atoms with Crippen molar-refractivity contribution in [3.05, 3.63) is 41.5 Å². The summed E-state index contributed by atoms with van der Waals surface area (Å²) in [5.74, 6) is 0.939. The van der Waals surface area contributed by atoms with Crippen LogP contribution in [0.5, 0.6) is 0 Å². The molecule has 0 saturated heterocycles. The summed E-state index contributed by atoms with van der Waals surface area (Å²) in [6.07, 6.45) is 4.39. The molecular weight excluding hydrogens is 184 g/mol. The Balaban J connectivity index is 2.11. The fraction of sp³-hybridized carbons (Fsp3) is 0.357. The summed E-state index contributed by atoms with van der Waals surface area (Å²) in [5.41, 5.74) is 3.60. The third-order valence-corrected chi connectivity index (χ3v) is 3.59. The maximum atomic E-state index is 11.9. The third-order valence-electron chi connectivity index (χ3n) is 3.59. The molecule has 1 atom stereocenters. The van der Waals surface area contributed by atoms with Gasteiger partial charge in [0.1, 0.15) is 0 Å². The van der Waals surface area contributed by atoms with Crippen LogP contribution in [-0.2, 0) is 4.79 Å². The van der Waals surface area contributed by atoms with Crippen LogP contribution in [-0.4, -0.2) is 5.78 Å². The molecule has 1 saturated carbocycles. The Bertz CT molecular complexity index is 428. The van der Waals surface area contributed by atoms with Crippen LogP contribution in [0.2, 0.25) is 0 Å². The van der Waals surface area contributed by atoms with E-state index in [4.69, 9.17) is 0 Å². The van der Waals surface area contributed by atoms with Gasteiger partial charge in [0.25, 0.3) is 0 Å². The molecule has 0 heterocycles. The minimum absolute atomic E-state index is 0.362. The zero-order chi connectivity index (χ0) is 10.3. The van der Waals surface area contributed by atoms with Gasteiger partial charge in [0, 0.05) is 12.0 Å². The minimum Gasteiger partial charge on any atom is -0.294 e. The van der Waals surface area contributed by atoms with Gasteiger partial charge in [-0.15, -0.1) is 0 Å². The number of Topliss-reactive ketones (excluding diaryl/α,β-unsaturated/α-hetero) is 1. The summed E-state index contributed by atoms with van der Waals surface area (Å²) in [4.78, 5) is 11.9. The Hall–Kier alpha value is -1.37. The topological polar surface area (TPSA) is 17.1 Å². The van der Waals surface area contributed by atoms with E-state index in [1.165, 1.54) is 18.4 Å². The standard InChI is InChI=1S/C14H14O/c15-13-9-11-7-4-8-12(11)14(13)10-5-2-1-3-6-10/h1-3,5-6,11H,4,7-9H2/t11-/m1/s1. The van der Waals surface area contributed by atoms with Gasteiger partial charge in [0.05, 0.1) is 0 Å².